The van der Waals surface area contributed by atoms with E-state index in [2.05, 4.69) is 19.2 Å². The molecule has 0 aliphatic heterocycles. The zero-order chi connectivity index (χ0) is 14.6. The summed E-state index contributed by atoms with van der Waals surface area (Å²) in [5.74, 6) is -2.21. The van der Waals surface area contributed by atoms with E-state index in [1.165, 1.54) is 0 Å². The molecule has 0 aliphatic carbocycles. The maximum absolute atomic E-state index is 12.1. The number of aromatic nitrogens is 1. The molecule has 1 aromatic rings. The van der Waals surface area contributed by atoms with Gasteiger partial charge in [0.25, 0.3) is 0 Å². The highest BCUT2D eigenvalue weighted by atomic mass is 19.4. The molecular weight excluding hydrogens is 271 g/mol. The summed E-state index contributed by atoms with van der Waals surface area (Å²) in [6.45, 7) is 0. The van der Waals surface area contributed by atoms with Crippen molar-refractivity contribution in [1.29, 1.82) is 0 Å². The first-order valence-electron chi connectivity index (χ1n) is 4.89. The number of methoxy groups -OCH3 is 2. The van der Waals surface area contributed by atoms with E-state index in [0.717, 1.165) is 20.3 Å². The third kappa shape index (κ3) is 4.19. The summed E-state index contributed by atoms with van der Waals surface area (Å²) < 4.78 is 48.8. The van der Waals surface area contributed by atoms with Crippen molar-refractivity contribution < 1.29 is 32.2 Å². The van der Waals surface area contributed by atoms with Crippen LogP contribution in [0.5, 0.6) is 11.6 Å². The highest BCUT2D eigenvalue weighted by molar-refractivity contribution is 5.71. The van der Waals surface area contributed by atoms with Crippen LogP contribution in [0, 0.1) is 0 Å². The third-order valence-corrected chi connectivity index (χ3v) is 1.99. The Morgan fingerprint density at radius 3 is 2.47 bits per heavy atom. The van der Waals surface area contributed by atoms with Gasteiger partial charge in [0, 0.05) is 11.8 Å². The number of ether oxygens (including phenoxy) is 3. The lowest BCUT2D eigenvalue weighted by molar-refractivity contribution is -0.275. The number of pyridine rings is 1. The van der Waals surface area contributed by atoms with Crippen LogP contribution in [0.2, 0.25) is 0 Å². The number of carbonyl (C=O) groups excluding carboxylic acids is 1. The number of carbonyl (C=O) groups is 1. The fourth-order valence-electron chi connectivity index (χ4n) is 1.25. The highest BCUT2D eigenvalue weighted by Crippen LogP contribution is 2.27. The number of H-pyrrole nitrogens is 1. The summed E-state index contributed by atoms with van der Waals surface area (Å²) in [6.07, 6.45) is -5.33. The van der Waals surface area contributed by atoms with Crippen LogP contribution < -0.4 is 14.9 Å². The molecule has 1 rings (SSSR count). The predicted molar refractivity (Wildman–Crippen MR) is 56.0 cm³/mol. The molecule has 106 valence electrons. The van der Waals surface area contributed by atoms with E-state index in [0.29, 0.717) is 0 Å². The van der Waals surface area contributed by atoms with Gasteiger partial charge in [0.15, 0.2) is 0 Å². The van der Waals surface area contributed by atoms with Crippen molar-refractivity contribution in [3.05, 3.63) is 22.0 Å². The number of alkyl halides is 3. The van der Waals surface area contributed by atoms with Gasteiger partial charge in [-0.2, -0.15) is 0 Å². The van der Waals surface area contributed by atoms with Crippen LogP contribution in [0.25, 0.3) is 0 Å². The molecular formula is C10H10F3NO5. The second-order valence-corrected chi connectivity index (χ2v) is 3.32. The van der Waals surface area contributed by atoms with Crippen LogP contribution in [0.4, 0.5) is 13.2 Å². The van der Waals surface area contributed by atoms with Crippen LogP contribution in [0.1, 0.15) is 5.69 Å². The van der Waals surface area contributed by atoms with Gasteiger partial charge >= 0.3 is 12.3 Å². The molecule has 0 saturated carbocycles. The van der Waals surface area contributed by atoms with Crippen LogP contribution in [0.3, 0.4) is 0 Å². The predicted octanol–water partition coefficient (Wildman–Crippen LogP) is 0.998. The highest BCUT2D eigenvalue weighted by Gasteiger charge is 2.34. The topological polar surface area (TPSA) is 77.6 Å². The number of halogens is 3. The Morgan fingerprint density at radius 2 is 2.00 bits per heavy atom. The first-order valence-corrected chi connectivity index (χ1v) is 4.89. The normalized spacial score (nSPS) is 11.0. The second-order valence-electron chi connectivity index (χ2n) is 3.32. The van der Waals surface area contributed by atoms with Crippen molar-refractivity contribution in [2.75, 3.05) is 14.2 Å². The number of rotatable bonds is 4. The van der Waals surface area contributed by atoms with Gasteiger partial charge < -0.3 is 19.2 Å². The van der Waals surface area contributed by atoms with Gasteiger partial charge in [-0.1, -0.05) is 0 Å². The van der Waals surface area contributed by atoms with E-state index < -0.39 is 29.4 Å². The van der Waals surface area contributed by atoms with Crippen molar-refractivity contribution in [3.8, 4) is 11.6 Å². The van der Waals surface area contributed by atoms with Crippen LogP contribution in [-0.4, -0.2) is 31.5 Å². The molecule has 0 radical (unpaired) electrons. The molecule has 0 spiro atoms. The van der Waals surface area contributed by atoms with Crippen molar-refractivity contribution in [2.24, 2.45) is 0 Å². The standard InChI is InChI=1S/C10H10F3NO5/c1-17-7(16)4-5-3-6(15)8(9(14-5)18-2)19-10(11,12)13/h3H,4H2,1-2H3,(H,14,15). The Hall–Kier alpha value is -2.19. The molecule has 0 amide bonds. The minimum Gasteiger partial charge on any atom is -0.480 e. The lowest BCUT2D eigenvalue weighted by Gasteiger charge is -2.12. The van der Waals surface area contributed by atoms with E-state index >= 15 is 0 Å². The Balaban J connectivity index is 3.15. The summed E-state index contributed by atoms with van der Waals surface area (Å²) in [5, 5.41) is 0. The number of nitrogens with one attached hydrogen (secondary N) is 1. The average molecular weight is 281 g/mol. The monoisotopic (exact) mass is 281 g/mol. The molecule has 19 heavy (non-hydrogen) atoms. The average Bonchev–Trinajstić information content (AvgIpc) is 2.30. The van der Waals surface area contributed by atoms with Gasteiger partial charge in [-0.15, -0.1) is 13.2 Å². The molecule has 9 heteroatoms. The van der Waals surface area contributed by atoms with E-state index in [-0.39, 0.29) is 12.1 Å². The Morgan fingerprint density at radius 1 is 1.37 bits per heavy atom. The minimum absolute atomic E-state index is 0.0447. The molecule has 1 N–H and O–H groups in total. The van der Waals surface area contributed by atoms with Gasteiger partial charge in [-0.05, 0) is 0 Å². The molecule has 0 fully saturated rings. The number of esters is 1. The molecule has 0 saturated heterocycles. The Kier molecular flexibility index (Phi) is 4.41. The summed E-state index contributed by atoms with van der Waals surface area (Å²) in [4.78, 5) is 24.8. The quantitative estimate of drug-likeness (QED) is 0.833. The molecule has 0 aromatic carbocycles. The first kappa shape index (κ1) is 14.9. The first-order chi connectivity index (χ1) is 8.76. The maximum atomic E-state index is 12.1. The smallest absolute Gasteiger partial charge is 0.480 e. The summed E-state index contributed by atoms with van der Waals surface area (Å²) >= 11 is 0. The van der Waals surface area contributed by atoms with Crippen molar-refractivity contribution in [3.63, 3.8) is 0 Å². The lowest BCUT2D eigenvalue weighted by Crippen LogP contribution is -2.23. The van der Waals surface area contributed by atoms with Crippen LogP contribution >= 0.6 is 0 Å². The second kappa shape index (κ2) is 5.63. The van der Waals surface area contributed by atoms with E-state index in [1.54, 1.807) is 0 Å². The lowest BCUT2D eigenvalue weighted by atomic mass is 10.2. The summed E-state index contributed by atoms with van der Waals surface area (Å²) in [6, 6.07) is 0.806. The molecule has 6 nitrogen and oxygen atoms in total. The fourth-order valence-corrected chi connectivity index (χ4v) is 1.25. The van der Waals surface area contributed by atoms with Crippen molar-refractivity contribution in [2.45, 2.75) is 12.8 Å². The summed E-state index contributed by atoms with van der Waals surface area (Å²) in [7, 11) is 2.19. The van der Waals surface area contributed by atoms with E-state index in [9.17, 15) is 22.8 Å². The van der Waals surface area contributed by atoms with E-state index in [1.807, 2.05) is 0 Å². The zero-order valence-electron chi connectivity index (χ0n) is 9.96. The largest absolute Gasteiger partial charge is 0.573 e. The number of aromatic amines is 1. The van der Waals surface area contributed by atoms with Gasteiger partial charge in [0.1, 0.15) is 0 Å². The number of hydrogen-bond acceptors (Lipinski definition) is 5. The van der Waals surface area contributed by atoms with Crippen molar-refractivity contribution >= 4 is 5.97 Å². The third-order valence-electron chi connectivity index (χ3n) is 1.99. The summed E-state index contributed by atoms with van der Waals surface area (Å²) in [5.41, 5.74) is -1.02. The molecule has 1 heterocycles. The van der Waals surface area contributed by atoms with Crippen LogP contribution in [0.15, 0.2) is 10.9 Å². The zero-order valence-corrected chi connectivity index (χ0v) is 9.96. The minimum atomic E-state index is -5.02. The van der Waals surface area contributed by atoms with E-state index in [4.69, 9.17) is 0 Å². The van der Waals surface area contributed by atoms with Gasteiger partial charge in [0.2, 0.25) is 17.1 Å². The molecule has 1 aromatic heterocycles. The Bertz CT molecular complexity index is 523. The molecule has 0 atom stereocenters. The maximum Gasteiger partial charge on any atom is 0.573 e. The molecule has 0 unspecified atom stereocenters. The van der Waals surface area contributed by atoms with Gasteiger partial charge in [-0.25, -0.2) is 0 Å². The SMILES string of the molecule is COC(=O)Cc1cc(=O)c(OC(F)(F)F)c(OC)[nH]1. The van der Waals surface area contributed by atoms with Gasteiger partial charge in [0.05, 0.1) is 20.6 Å². The molecule has 0 aliphatic rings. The Labute approximate surface area is 105 Å². The van der Waals surface area contributed by atoms with Gasteiger partial charge in [-0.3, -0.25) is 9.59 Å². The van der Waals surface area contributed by atoms with Crippen molar-refractivity contribution in [1.82, 2.24) is 4.98 Å². The van der Waals surface area contributed by atoms with Crippen LogP contribution in [-0.2, 0) is 16.0 Å². The number of hydrogen-bond donors (Lipinski definition) is 1. The molecule has 0 bridgehead atoms. The fraction of sp³-hybridized carbons (Fsp3) is 0.400.